The van der Waals surface area contributed by atoms with Gasteiger partial charge in [0.05, 0.1) is 18.4 Å². The van der Waals surface area contributed by atoms with E-state index in [-0.39, 0.29) is 12.2 Å². The zero-order valence-corrected chi connectivity index (χ0v) is 20.7. The molecule has 170 valence electrons. The van der Waals surface area contributed by atoms with Gasteiger partial charge in [-0.3, -0.25) is 4.57 Å². The van der Waals surface area contributed by atoms with Gasteiger partial charge in [-0.05, 0) is 34.1 Å². The minimum absolute atomic E-state index is 0.0503. The van der Waals surface area contributed by atoms with Crippen LogP contribution >= 0.6 is 7.60 Å². The molecule has 3 nitrogen and oxygen atoms in total. The largest absolute Gasteiger partial charge is 0.331 e. The monoisotopic (exact) mass is 418 g/mol. The smallest absolute Gasteiger partial charge is 0.306 e. The van der Waals surface area contributed by atoms with E-state index in [2.05, 4.69) is 6.92 Å². The quantitative estimate of drug-likeness (QED) is 0.138. The van der Waals surface area contributed by atoms with Crippen molar-refractivity contribution in [2.45, 2.75) is 150 Å². The molecule has 0 aromatic carbocycles. The maximum atomic E-state index is 12.7. The van der Waals surface area contributed by atoms with E-state index in [9.17, 15) is 4.57 Å². The van der Waals surface area contributed by atoms with Gasteiger partial charge in [0.2, 0.25) is 0 Å². The number of rotatable bonds is 21. The Labute approximate surface area is 177 Å². The zero-order chi connectivity index (χ0) is 21.1. The van der Waals surface area contributed by atoms with Gasteiger partial charge in [0.1, 0.15) is 0 Å². The fraction of sp³-hybridized carbons (Fsp3) is 1.00. The second-order valence-electron chi connectivity index (χ2n) is 8.95. The van der Waals surface area contributed by atoms with Crippen LogP contribution in [0.4, 0.5) is 0 Å². The highest BCUT2D eigenvalue weighted by atomic mass is 31.2. The maximum Gasteiger partial charge on any atom is 0.331 e. The Morgan fingerprint density at radius 3 is 1.11 bits per heavy atom. The van der Waals surface area contributed by atoms with Crippen molar-refractivity contribution in [1.29, 1.82) is 0 Å². The molecule has 0 aromatic rings. The predicted molar refractivity (Wildman–Crippen MR) is 124 cm³/mol. The summed E-state index contributed by atoms with van der Waals surface area (Å²) in [5, 5.41) is 0. The second-order valence-corrected chi connectivity index (χ2v) is 11.0. The lowest BCUT2D eigenvalue weighted by molar-refractivity contribution is 0.142. The van der Waals surface area contributed by atoms with Crippen molar-refractivity contribution in [1.82, 2.24) is 0 Å². The number of unbranched alkanes of at least 4 members (excludes halogenated alkanes) is 15. The molecule has 28 heavy (non-hydrogen) atoms. The van der Waals surface area contributed by atoms with E-state index in [0.717, 1.165) is 12.8 Å². The number of hydrogen-bond donors (Lipinski definition) is 0. The van der Waals surface area contributed by atoms with Crippen LogP contribution in [0.2, 0.25) is 0 Å². The van der Waals surface area contributed by atoms with Crippen molar-refractivity contribution in [2.75, 3.05) is 6.16 Å². The molecule has 0 aliphatic heterocycles. The Hall–Kier alpha value is 0.150. The van der Waals surface area contributed by atoms with Gasteiger partial charge in [0, 0.05) is 0 Å². The summed E-state index contributed by atoms with van der Waals surface area (Å²) in [6, 6.07) is 0. The van der Waals surface area contributed by atoms with E-state index >= 15 is 0 Å². The van der Waals surface area contributed by atoms with Crippen LogP contribution in [-0.2, 0) is 13.6 Å². The molecule has 0 bridgehead atoms. The summed E-state index contributed by atoms with van der Waals surface area (Å²) in [7, 11) is -2.92. The molecule has 0 atom stereocenters. The van der Waals surface area contributed by atoms with Crippen LogP contribution in [0.3, 0.4) is 0 Å². The molecule has 0 fully saturated rings. The molecule has 0 N–H and O–H groups in total. The normalized spacial score (nSPS) is 12.4. The van der Waals surface area contributed by atoms with Crippen LogP contribution in [0.5, 0.6) is 0 Å². The topological polar surface area (TPSA) is 35.5 Å². The lowest BCUT2D eigenvalue weighted by Gasteiger charge is -2.22. The summed E-state index contributed by atoms with van der Waals surface area (Å²) in [4.78, 5) is 0. The highest BCUT2D eigenvalue weighted by molar-refractivity contribution is 7.53. The van der Waals surface area contributed by atoms with Gasteiger partial charge in [-0.1, -0.05) is 103 Å². The lowest BCUT2D eigenvalue weighted by atomic mass is 10.0. The van der Waals surface area contributed by atoms with E-state index < -0.39 is 7.60 Å². The first kappa shape index (κ1) is 28.1. The molecule has 0 spiro atoms. The summed E-state index contributed by atoms with van der Waals surface area (Å²) in [6.07, 6.45) is 22.0. The predicted octanol–water partition coefficient (Wildman–Crippen LogP) is 9.29. The SMILES string of the molecule is CCCCCCCCCCCCCCCCCCP(=O)(OC(C)C)OC(C)C. The average molecular weight is 419 g/mol. The Bertz CT molecular complexity index is 355. The van der Waals surface area contributed by atoms with Gasteiger partial charge in [-0.25, -0.2) is 0 Å². The summed E-state index contributed by atoms with van der Waals surface area (Å²) >= 11 is 0. The Balaban J connectivity index is 3.45. The van der Waals surface area contributed by atoms with E-state index in [4.69, 9.17) is 9.05 Å². The van der Waals surface area contributed by atoms with E-state index in [1.807, 2.05) is 27.7 Å². The van der Waals surface area contributed by atoms with Crippen LogP contribution < -0.4 is 0 Å². The lowest BCUT2D eigenvalue weighted by Crippen LogP contribution is -2.10. The van der Waals surface area contributed by atoms with Gasteiger partial charge in [0.15, 0.2) is 0 Å². The molecule has 0 saturated carbocycles. The van der Waals surface area contributed by atoms with E-state index in [1.54, 1.807) is 0 Å². The summed E-state index contributed by atoms with van der Waals surface area (Å²) < 4.78 is 23.9. The van der Waals surface area contributed by atoms with Crippen LogP contribution in [-0.4, -0.2) is 18.4 Å². The summed E-state index contributed by atoms with van der Waals surface area (Å²) in [5.74, 6) is 0. The molecular weight excluding hydrogens is 367 g/mol. The van der Waals surface area contributed by atoms with Crippen LogP contribution in [0.1, 0.15) is 137 Å². The van der Waals surface area contributed by atoms with Crippen molar-refractivity contribution in [3.05, 3.63) is 0 Å². The minimum atomic E-state index is -2.92. The van der Waals surface area contributed by atoms with Gasteiger partial charge >= 0.3 is 7.60 Å². The van der Waals surface area contributed by atoms with Crippen molar-refractivity contribution in [2.24, 2.45) is 0 Å². The van der Waals surface area contributed by atoms with Crippen molar-refractivity contribution in [3.63, 3.8) is 0 Å². The molecule has 0 saturated heterocycles. The van der Waals surface area contributed by atoms with Gasteiger partial charge < -0.3 is 9.05 Å². The van der Waals surface area contributed by atoms with Gasteiger partial charge in [-0.15, -0.1) is 0 Å². The van der Waals surface area contributed by atoms with E-state index in [0.29, 0.717) is 6.16 Å². The maximum absolute atomic E-state index is 12.7. The van der Waals surface area contributed by atoms with Crippen LogP contribution in [0, 0.1) is 0 Å². The number of hydrogen-bond acceptors (Lipinski definition) is 3. The minimum Gasteiger partial charge on any atom is -0.306 e. The first-order valence-corrected chi connectivity index (χ1v) is 14.1. The molecular formula is C24H51O3P. The summed E-state index contributed by atoms with van der Waals surface area (Å²) in [5.41, 5.74) is 0. The first-order chi connectivity index (χ1) is 13.4. The Morgan fingerprint density at radius 1 is 0.536 bits per heavy atom. The van der Waals surface area contributed by atoms with Gasteiger partial charge in [-0.2, -0.15) is 0 Å². The standard InChI is InChI=1S/C24H51O3P/c1-6-7-8-9-10-11-12-13-14-15-16-17-18-19-20-21-22-28(25,26-23(2)3)27-24(4)5/h23-24H,6-22H2,1-5H3. The molecule has 0 heterocycles. The molecule has 0 aromatic heterocycles. The molecule has 0 aliphatic rings. The molecule has 0 amide bonds. The summed E-state index contributed by atoms with van der Waals surface area (Å²) in [6.45, 7) is 9.96. The highest BCUT2D eigenvalue weighted by Gasteiger charge is 2.26. The molecule has 0 radical (unpaired) electrons. The second kappa shape index (κ2) is 19.1. The van der Waals surface area contributed by atoms with Crippen molar-refractivity contribution < 1.29 is 13.6 Å². The van der Waals surface area contributed by atoms with Crippen molar-refractivity contribution in [3.8, 4) is 0 Å². The molecule has 0 unspecified atom stereocenters. The third-order valence-electron chi connectivity index (χ3n) is 5.03. The average Bonchev–Trinajstić information content (AvgIpc) is 2.60. The van der Waals surface area contributed by atoms with Crippen LogP contribution in [0.25, 0.3) is 0 Å². The third kappa shape index (κ3) is 19.5. The third-order valence-corrected chi connectivity index (χ3v) is 7.38. The highest BCUT2D eigenvalue weighted by Crippen LogP contribution is 2.51. The van der Waals surface area contributed by atoms with Gasteiger partial charge in [0.25, 0.3) is 0 Å². The molecule has 0 aliphatic carbocycles. The Morgan fingerprint density at radius 2 is 0.821 bits per heavy atom. The molecule has 4 heteroatoms. The first-order valence-electron chi connectivity index (χ1n) is 12.4. The Kier molecular flexibility index (Phi) is 19.2. The van der Waals surface area contributed by atoms with E-state index in [1.165, 1.54) is 89.9 Å². The fourth-order valence-corrected chi connectivity index (χ4v) is 5.78. The fourth-order valence-electron chi connectivity index (χ4n) is 3.63. The zero-order valence-electron chi connectivity index (χ0n) is 19.8. The van der Waals surface area contributed by atoms with Crippen LogP contribution in [0.15, 0.2) is 0 Å². The molecule has 0 rings (SSSR count). The van der Waals surface area contributed by atoms with Crippen molar-refractivity contribution >= 4 is 7.60 Å².